The van der Waals surface area contributed by atoms with Gasteiger partial charge in [0.05, 0.1) is 23.2 Å². The Bertz CT molecular complexity index is 1420. The summed E-state index contributed by atoms with van der Waals surface area (Å²) in [6.45, 7) is 1.79. The molecule has 0 unspecified atom stereocenters. The van der Waals surface area contributed by atoms with Crippen molar-refractivity contribution in [3.05, 3.63) is 102 Å². The number of hydrogen-bond donors (Lipinski definition) is 1. The van der Waals surface area contributed by atoms with Crippen LogP contribution in [-0.2, 0) is 11.4 Å². The van der Waals surface area contributed by atoms with Crippen LogP contribution in [0, 0.1) is 17.2 Å². The highest BCUT2D eigenvalue weighted by Gasteiger charge is 2.25. The summed E-state index contributed by atoms with van der Waals surface area (Å²) in [5.74, 6) is 0.630. The molecule has 1 aliphatic rings. The number of piperidine rings is 1. The number of nitriles is 1. The third kappa shape index (κ3) is 5.62. The number of pyridine rings is 1. The van der Waals surface area contributed by atoms with E-state index < -0.39 is 5.97 Å². The molecule has 0 spiro atoms. The van der Waals surface area contributed by atoms with Crippen molar-refractivity contribution in [1.82, 2.24) is 4.98 Å². The van der Waals surface area contributed by atoms with E-state index in [4.69, 9.17) is 15.0 Å². The minimum absolute atomic E-state index is 0.272. The van der Waals surface area contributed by atoms with Crippen LogP contribution in [0.5, 0.6) is 5.75 Å². The van der Waals surface area contributed by atoms with Gasteiger partial charge in [0.25, 0.3) is 0 Å². The van der Waals surface area contributed by atoms with E-state index in [0.717, 1.165) is 39.5 Å². The number of anilines is 1. The van der Waals surface area contributed by atoms with Crippen LogP contribution in [0.3, 0.4) is 0 Å². The summed E-state index contributed by atoms with van der Waals surface area (Å²) in [5, 5.41) is 18.3. The summed E-state index contributed by atoms with van der Waals surface area (Å²) >= 11 is 0. The molecular formula is C31H27N3O3. The molecule has 0 saturated carbocycles. The molecule has 0 amide bonds. The van der Waals surface area contributed by atoms with Crippen molar-refractivity contribution in [2.75, 3.05) is 18.0 Å². The molecule has 184 valence electrons. The molecule has 6 heteroatoms. The Balaban J connectivity index is 1.28. The first-order valence-corrected chi connectivity index (χ1v) is 12.4. The van der Waals surface area contributed by atoms with Crippen LogP contribution in [0.4, 0.5) is 5.82 Å². The van der Waals surface area contributed by atoms with Gasteiger partial charge in [-0.25, -0.2) is 4.98 Å². The van der Waals surface area contributed by atoms with Crippen LogP contribution >= 0.6 is 0 Å². The molecule has 0 atom stereocenters. The van der Waals surface area contributed by atoms with E-state index in [1.54, 1.807) is 0 Å². The van der Waals surface area contributed by atoms with Crippen molar-refractivity contribution in [1.29, 1.82) is 5.26 Å². The number of rotatable bonds is 7. The minimum atomic E-state index is -0.712. The number of aromatic nitrogens is 1. The normalized spacial score (nSPS) is 13.6. The Hall–Kier alpha value is -4.63. The van der Waals surface area contributed by atoms with Crippen LogP contribution < -0.4 is 9.64 Å². The van der Waals surface area contributed by atoms with Crippen molar-refractivity contribution < 1.29 is 14.6 Å². The van der Waals surface area contributed by atoms with E-state index in [9.17, 15) is 9.90 Å². The van der Waals surface area contributed by atoms with E-state index in [0.29, 0.717) is 38.1 Å². The fraction of sp³-hybridized carbons (Fsp3) is 0.194. The van der Waals surface area contributed by atoms with Crippen molar-refractivity contribution in [2.45, 2.75) is 19.4 Å². The van der Waals surface area contributed by atoms with Crippen LogP contribution in [0.15, 0.2) is 91.0 Å². The maximum atomic E-state index is 11.3. The van der Waals surface area contributed by atoms with Gasteiger partial charge in [-0.3, -0.25) is 4.79 Å². The second-order valence-corrected chi connectivity index (χ2v) is 9.15. The number of aliphatic carboxylic acids is 1. The Morgan fingerprint density at radius 2 is 1.59 bits per heavy atom. The molecule has 1 aromatic heterocycles. The molecule has 3 aromatic carbocycles. The number of carboxylic acid groups (broad SMARTS) is 1. The molecule has 5 rings (SSSR count). The second kappa shape index (κ2) is 11.0. The largest absolute Gasteiger partial charge is 0.488 e. The van der Waals surface area contributed by atoms with Gasteiger partial charge in [-0.2, -0.15) is 5.26 Å². The number of ether oxygens (including phenoxy) is 1. The van der Waals surface area contributed by atoms with Gasteiger partial charge in [0.15, 0.2) is 0 Å². The molecule has 0 bridgehead atoms. The molecule has 6 nitrogen and oxygen atoms in total. The monoisotopic (exact) mass is 489 g/mol. The number of carboxylic acids is 1. The summed E-state index contributed by atoms with van der Waals surface area (Å²) in [6, 6.07) is 31.7. The summed E-state index contributed by atoms with van der Waals surface area (Å²) in [6.07, 6.45) is 1.26. The average Bonchev–Trinajstić information content (AvgIpc) is 2.97. The molecule has 1 saturated heterocycles. The van der Waals surface area contributed by atoms with Crippen LogP contribution in [-0.4, -0.2) is 29.1 Å². The molecule has 0 aliphatic carbocycles. The highest BCUT2D eigenvalue weighted by molar-refractivity contribution is 5.71. The fourth-order valence-corrected chi connectivity index (χ4v) is 4.60. The molecular weight excluding hydrogens is 462 g/mol. The molecule has 1 aliphatic heterocycles. The lowest BCUT2D eigenvalue weighted by atomic mass is 9.97. The Kier molecular flexibility index (Phi) is 7.14. The zero-order chi connectivity index (χ0) is 25.6. The number of hydrogen-bond acceptors (Lipinski definition) is 5. The lowest BCUT2D eigenvalue weighted by Gasteiger charge is -2.31. The molecule has 4 aromatic rings. The van der Waals surface area contributed by atoms with Crippen molar-refractivity contribution in [3.8, 4) is 34.2 Å². The Morgan fingerprint density at radius 1 is 0.919 bits per heavy atom. The van der Waals surface area contributed by atoms with Gasteiger partial charge in [-0.15, -0.1) is 0 Å². The van der Waals surface area contributed by atoms with Gasteiger partial charge in [-0.1, -0.05) is 54.6 Å². The highest BCUT2D eigenvalue weighted by atomic mass is 16.5. The van der Waals surface area contributed by atoms with Gasteiger partial charge < -0.3 is 14.7 Å². The van der Waals surface area contributed by atoms with Crippen molar-refractivity contribution in [2.24, 2.45) is 5.92 Å². The Morgan fingerprint density at radius 3 is 2.27 bits per heavy atom. The maximum absolute atomic E-state index is 11.3. The average molecular weight is 490 g/mol. The van der Waals surface area contributed by atoms with Crippen molar-refractivity contribution >= 4 is 11.8 Å². The van der Waals surface area contributed by atoms with Crippen molar-refractivity contribution in [3.63, 3.8) is 0 Å². The number of benzene rings is 3. The number of carbonyl (C=O) groups is 1. The molecule has 37 heavy (non-hydrogen) atoms. The zero-order valence-corrected chi connectivity index (χ0v) is 20.4. The van der Waals surface area contributed by atoms with Crippen LogP contribution in [0.25, 0.3) is 22.4 Å². The minimum Gasteiger partial charge on any atom is -0.488 e. The SMILES string of the molecule is N#Cc1ccc(-c2ccc(COc3ccccc3-c3cccc(N4CCC(C(=O)O)CC4)n3)cc2)cc1. The first-order valence-electron chi connectivity index (χ1n) is 12.4. The second-order valence-electron chi connectivity index (χ2n) is 9.15. The zero-order valence-electron chi connectivity index (χ0n) is 20.4. The van der Waals surface area contributed by atoms with E-state index in [1.165, 1.54) is 0 Å². The van der Waals surface area contributed by atoms with Gasteiger partial charge in [0.2, 0.25) is 0 Å². The molecule has 1 fully saturated rings. The molecule has 2 heterocycles. The molecule has 0 radical (unpaired) electrons. The first kappa shape index (κ1) is 24.1. The van der Waals surface area contributed by atoms with Crippen LogP contribution in [0.2, 0.25) is 0 Å². The summed E-state index contributed by atoms with van der Waals surface area (Å²) in [7, 11) is 0. The number of nitrogens with zero attached hydrogens (tertiary/aromatic N) is 3. The van der Waals surface area contributed by atoms with E-state index in [-0.39, 0.29) is 5.92 Å². The van der Waals surface area contributed by atoms with Gasteiger partial charge in [0.1, 0.15) is 18.2 Å². The summed E-state index contributed by atoms with van der Waals surface area (Å²) in [5.41, 5.74) is 5.59. The highest BCUT2D eigenvalue weighted by Crippen LogP contribution is 2.31. The summed E-state index contributed by atoms with van der Waals surface area (Å²) in [4.78, 5) is 18.3. The predicted molar refractivity (Wildman–Crippen MR) is 143 cm³/mol. The Labute approximate surface area is 216 Å². The summed E-state index contributed by atoms with van der Waals surface area (Å²) < 4.78 is 6.22. The third-order valence-corrected chi connectivity index (χ3v) is 6.76. The van der Waals surface area contributed by atoms with Crippen LogP contribution in [0.1, 0.15) is 24.0 Å². The van der Waals surface area contributed by atoms with E-state index in [1.807, 2.05) is 66.7 Å². The predicted octanol–water partition coefficient (Wildman–Crippen LogP) is 6.17. The lowest BCUT2D eigenvalue weighted by Crippen LogP contribution is -2.36. The van der Waals surface area contributed by atoms with E-state index in [2.05, 4.69) is 35.2 Å². The smallest absolute Gasteiger partial charge is 0.306 e. The van der Waals surface area contributed by atoms with Gasteiger partial charge in [-0.05, 0) is 65.9 Å². The first-order chi connectivity index (χ1) is 18.1. The lowest BCUT2D eigenvalue weighted by molar-refractivity contribution is -0.142. The van der Waals surface area contributed by atoms with Gasteiger partial charge in [0, 0.05) is 18.7 Å². The molecule has 1 N–H and O–H groups in total. The third-order valence-electron chi connectivity index (χ3n) is 6.76. The van der Waals surface area contributed by atoms with E-state index >= 15 is 0 Å². The topological polar surface area (TPSA) is 86.5 Å². The standard InChI is InChI=1S/C31H27N3O3/c32-20-22-8-12-24(13-9-22)25-14-10-23(11-15-25)21-37-29-6-2-1-4-27(29)28-5-3-7-30(33-28)34-18-16-26(17-19-34)31(35)36/h1-15,26H,16-19,21H2,(H,35,36). The van der Waals surface area contributed by atoms with Gasteiger partial charge >= 0.3 is 5.97 Å². The number of para-hydroxylation sites is 1. The fourth-order valence-electron chi connectivity index (χ4n) is 4.60. The quantitative estimate of drug-likeness (QED) is 0.334. The maximum Gasteiger partial charge on any atom is 0.306 e.